The lowest BCUT2D eigenvalue weighted by Gasteiger charge is -2.40. The number of morpholine rings is 1. The van der Waals surface area contributed by atoms with E-state index in [4.69, 9.17) is 4.74 Å². The molecule has 1 aromatic heterocycles. The highest BCUT2D eigenvalue weighted by Gasteiger charge is 2.32. The van der Waals surface area contributed by atoms with E-state index in [2.05, 4.69) is 14.8 Å². The van der Waals surface area contributed by atoms with Crippen molar-refractivity contribution in [3.63, 3.8) is 0 Å². The van der Waals surface area contributed by atoms with E-state index in [0.29, 0.717) is 17.6 Å². The van der Waals surface area contributed by atoms with E-state index >= 15 is 0 Å². The molecule has 0 bridgehead atoms. The van der Waals surface area contributed by atoms with Crippen molar-refractivity contribution in [3.05, 3.63) is 60.3 Å². The van der Waals surface area contributed by atoms with Gasteiger partial charge in [0.25, 0.3) is 0 Å². The number of piperidine rings is 1. The van der Waals surface area contributed by atoms with Crippen LogP contribution in [0, 0.1) is 11.6 Å². The van der Waals surface area contributed by atoms with Gasteiger partial charge in [0.2, 0.25) is 9.84 Å². The normalized spacial score (nSPS) is 19.8. The van der Waals surface area contributed by atoms with Crippen LogP contribution < -0.4 is 4.90 Å². The summed E-state index contributed by atoms with van der Waals surface area (Å²) in [4.78, 5) is 8.74. The number of aromatic nitrogens is 1. The SMILES string of the molecule is O=S(=O)(c1ccc(F)cc1)c1cnc2c(F)cccc2c1N1CCCC[C@H]1CCN1CCOCC1. The number of hydrogen-bond donors (Lipinski definition) is 0. The summed E-state index contributed by atoms with van der Waals surface area (Å²) in [6.07, 6.45) is 5.03. The molecule has 2 aliphatic heterocycles. The standard InChI is InChI=1S/C26H29F2N3O3S/c27-19-7-9-21(10-8-19)35(32,33)24-18-29-25-22(5-3-6-23(25)28)26(24)31-12-2-1-4-20(31)11-13-30-14-16-34-17-15-30/h3,5-10,18,20H,1-2,4,11-17H2/t20-/m0/s1. The fourth-order valence-electron chi connectivity index (χ4n) is 5.14. The Morgan fingerprint density at radius 1 is 1.00 bits per heavy atom. The predicted octanol–water partition coefficient (Wildman–Crippen LogP) is 4.43. The molecule has 3 aromatic rings. The van der Waals surface area contributed by atoms with Crippen molar-refractivity contribution in [1.82, 2.24) is 9.88 Å². The summed E-state index contributed by atoms with van der Waals surface area (Å²) in [6, 6.07) is 9.55. The third-order valence-corrected chi connectivity index (χ3v) is 8.77. The Morgan fingerprint density at radius 3 is 2.54 bits per heavy atom. The number of hydrogen-bond acceptors (Lipinski definition) is 6. The molecule has 35 heavy (non-hydrogen) atoms. The van der Waals surface area contributed by atoms with Crippen LogP contribution in [0.15, 0.2) is 58.5 Å². The van der Waals surface area contributed by atoms with Crippen LogP contribution in [0.25, 0.3) is 10.9 Å². The van der Waals surface area contributed by atoms with E-state index in [0.717, 1.165) is 70.7 Å². The van der Waals surface area contributed by atoms with Gasteiger partial charge in [-0.2, -0.15) is 0 Å². The summed E-state index contributed by atoms with van der Waals surface area (Å²) in [5.41, 5.74) is 0.642. The fourth-order valence-corrected chi connectivity index (χ4v) is 6.56. The summed E-state index contributed by atoms with van der Waals surface area (Å²) >= 11 is 0. The number of para-hydroxylation sites is 1. The van der Waals surface area contributed by atoms with Crippen molar-refractivity contribution in [1.29, 1.82) is 0 Å². The molecule has 0 saturated carbocycles. The lowest BCUT2D eigenvalue weighted by Crippen LogP contribution is -2.44. The zero-order valence-electron chi connectivity index (χ0n) is 19.5. The monoisotopic (exact) mass is 501 g/mol. The Labute approximate surface area is 204 Å². The van der Waals surface area contributed by atoms with Crippen molar-refractivity contribution >= 4 is 26.4 Å². The first-order valence-corrected chi connectivity index (χ1v) is 13.6. The molecule has 2 fully saturated rings. The molecule has 9 heteroatoms. The zero-order chi connectivity index (χ0) is 24.4. The molecule has 0 N–H and O–H groups in total. The third-order valence-electron chi connectivity index (χ3n) is 7.00. The molecule has 0 radical (unpaired) electrons. The minimum absolute atomic E-state index is 0.0143. The molecule has 0 amide bonds. The lowest BCUT2D eigenvalue weighted by molar-refractivity contribution is 0.0362. The van der Waals surface area contributed by atoms with Gasteiger partial charge in [0, 0.05) is 43.8 Å². The lowest BCUT2D eigenvalue weighted by atomic mass is 9.97. The summed E-state index contributed by atoms with van der Waals surface area (Å²) in [5.74, 6) is -1.00. The maximum Gasteiger partial charge on any atom is 0.210 e. The Kier molecular flexibility index (Phi) is 7.00. The number of rotatable bonds is 6. The van der Waals surface area contributed by atoms with Crippen molar-refractivity contribution < 1.29 is 21.9 Å². The minimum atomic E-state index is -4.02. The number of sulfone groups is 1. The Balaban J connectivity index is 1.60. The molecule has 6 nitrogen and oxygen atoms in total. The number of fused-ring (bicyclic) bond motifs is 1. The number of anilines is 1. The Morgan fingerprint density at radius 2 is 1.77 bits per heavy atom. The van der Waals surface area contributed by atoms with Gasteiger partial charge in [-0.1, -0.05) is 12.1 Å². The van der Waals surface area contributed by atoms with Crippen molar-refractivity contribution in [3.8, 4) is 0 Å². The quantitative estimate of drug-likeness (QED) is 0.466. The fraction of sp³-hybridized carbons (Fsp3) is 0.423. The number of ether oxygens (including phenoxy) is 1. The largest absolute Gasteiger partial charge is 0.379 e. The van der Waals surface area contributed by atoms with E-state index in [1.54, 1.807) is 12.1 Å². The minimum Gasteiger partial charge on any atom is -0.379 e. The number of pyridine rings is 1. The maximum absolute atomic E-state index is 14.7. The highest BCUT2D eigenvalue weighted by atomic mass is 32.2. The van der Waals surface area contributed by atoms with Crippen molar-refractivity contribution in [2.45, 2.75) is 41.5 Å². The molecule has 3 heterocycles. The van der Waals surface area contributed by atoms with Crippen LogP contribution in [0.1, 0.15) is 25.7 Å². The van der Waals surface area contributed by atoms with Crippen LogP contribution in [0.2, 0.25) is 0 Å². The molecular weight excluding hydrogens is 472 g/mol. The van der Waals surface area contributed by atoms with E-state index < -0.39 is 21.5 Å². The smallest absolute Gasteiger partial charge is 0.210 e. The van der Waals surface area contributed by atoms with Gasteiger partial charge in [-0.05, 0) is 56.0 Å². The van der Waals surface area contributed by atoms with Crippen LogP contribution >= 0.6 is 0 Å². The van der Waals surface area contributed by atoms with E-state index in [1.807, 2.05) is 0 Å². The summed E-state index contributed by atoms with van der Waals surface area (Å²) in [6.45, 7) is 4.79. The topological polar surface area (TPSA) is 62.7 Å². The first-order chi connectivity index (χ1) is 16.9. The summed E-state index contributed by atoms with van der Waals surface area (Å²) < 4.78 is 61.2. The van der Waals surface area contributed by atoms with Gasteiger partial charge in [0.15, 0.2) is 0 Å². The predicted molar refractivity (Wildman–Crippen MR) is 130 cm³/mol. The molecule has 5 rings (SSSR count). The second-order valence-corrected chi connectivity index (χ2v) is 11.1. The molecular formula is C26H29F2N3O3S. The third kappa shape index (κ3) is 4.90. The Bertz CT molecular complexity index is 1300. The van der Waals surface area contributed by atoms with Crippen LogP contribution in [-0.4, -0.2) is 63.7 Å². The number of nitrogens with zero attached hydrogens (tertiary/aromatic N) is 3. The van der Waals surface area contributed by atoms with Gasteiger partial charge in [-0.3, -0.25) is 9.88 Å². The zero-order valence-corrected chi connectivity index (χ0v) is 20.3. The van der Waals surface area contributed by atoms with Gasteiger partial charge in [0.1, 0.15) is 22.0 Å². The molecule has 186 valence electrons. The number of halogens is 2. The molecule has 2 aromatic carbocycles. The highest BCUT2D eigenvalue weighted by molar-refractivity contribution is 7.91. The average Bonchev–Trinajstić information content (AvgIpc) is 2.88. The van der Waals surface area contributed by atoms with Crippen LogP contribution in [0.5, 0.6) is 0 Å². The van der Waals surface area contributed by atoms with E-state index in [9.17, 15) is 17.2 Å². The van der Waals surface area contributed by atoms with Gasteiger partial charge >= 0.3 is 0 Å². The summed E-state index contributed by atoms with van der Waals surface area (Å²) in [5, 5.41) is 0.478. The Hall–Kier alpha value is -2.62. The average molecular weight is 502 g/mol. The van der Waals surface area contributed by atoms with Crippen molar-refractivity contribution in [2.75, 3.05) is 44.3 Å². The molecule has 2 saturated heterocycles. The van der Waals surface area contributed by atoms with Gasteiger partial charge in [-0.25, -0.2) is 17.2 Å². The van der Waals surface area contributed by atoms with Gasteiger partial charge in [0.05, 0.1) is 23.8 Å². The number of benzene rings is 2. The molecule has 0 aliphatic carbocycles. The van der Waals surface area contributed by atoms with Crippen LogP contribution in [-0.2, 0) is 14.6 Å². The second kappa shape index (κ2) is 10.2. The first kappa shape index (κ1) is 24.1. The second-order valence-electron chi connectivity index (χ2n) is 9.15. The summed E-state index contributed by atoms with van der Waals surface area (Å²) in [7, 11) is -4.02. The van der Waals surface area contributed by atoms with Gasteiger partial charge in [-0.15, -0.1) is 0 Å². The van der Waals surface area contributed by atoms with Crippen LogP contribution in [0.3, 0.4) is 0 Å². The molecule has 1 atom stereocenters. The van der Waals surface area contributed by atoms with Crippen molar-refractivity contribution in [2.24, 2.45) is 0 Å². The van der Waals surface area contributed by atoms with Gasteiger partial charge < -0.3 is 9.64 Å². The van der Waals surface area contributed by atoms with E-state index in [-0.39, 0.29) is 21.3 Å². The molecule has 2 aliphatic rings. The van der Waals surface area contributed by atoms with E-state index in [1.165, 1.54) is 24.4 Å². The molecule has 0 spiro atoms. The van der Waals surface area contributed by atoms with Crippen LogP contribution in [0.4, 0.5) is 14.5 Å². The highest BCUT2D eigenvalue weighted by Crippen LogP contribution is 2.39. The maximum atomic E-state index is 14.7. The molecule has 0 unspecified atom stereocenters. The first-order valence-electron chi connectivity index (χ1n) is 12.1.